The van der Waals surface area contributed by atoms with Gasteiger partial charge in [0.2, 0.25) is 5.91 Å². The second-order valence-electron chi connectivity index (χ2n) is 4.53. The highest BCUT2D eigenvalue weighted by molar-refractivity contribution is 6.30. The van der Waals surface area contributed by atoms with Crippen LogP contribution < -0.4 is 11.1 Å². The molecule has 1 amide bonds. The smallest absolute Gasteiger partial charge is 0.220 e. The van der Waals surface area contributed by atoms with E-state index in [2.05, 4.69) is 5.32 Å². The largest absolute Gasteiger partial charge is 0.347 e. The molecule has 5 heteroatoms. The number of hydrogen-bond donors (Lipinski definition) is 2. The van der Waals surface area contributed by atoms with E-state index in [9.17, 15) is 4.79 Å². The minimum Gasteiger partial charge on any atom is -0.347 e. The Morgan fingerprint density at radius 1 is 1.44 bits per heavy atom. The average Bonchev–Trinajstić information content (AvgIpc) is 3.07. The molecule has 0 heterocycles. The molecular weight excluding hydrogens is 271 g/mol. The first-order chi connectivity index (χ1) is 8.16. The third-order valence-corrected chi connectivity index (χ3v) is 3.35. The Morgan fingerprint density at radius 2 is 2.17 bits per heavy atom. The molecule has 0 aromatic heterocycles. The SMILES string of the molecule is Cl.NCCCC(=O)NC1(c2cccc(Cl)c2)CC1. The minimum atomic E-state index is -0.170. The minimum absolute atomic E-state index is 0. The van der Waals surface area contributed by atoms with Crippen LogP contribution in [-0.4, -0.2) is 12.5 Å². The van der Waals surface area contributed by atoms with Gasteiger partial charge in [-0.25, -0.2) is 0 Å². The van der Waals surface area contributed by atoms with E-state index >= 15 is 0 Å². The first-order valence-corrected chi connectivity index (χ1v) is 6.31. The summed E-state index contributed by atoms with van der Waals surface area (Å²) in [6.45, 7) is 0.553. The van der Waals surface area contributed by atoms with Gasteiger partial charge in [-0.3, -0.25) is 4.79 Å². The van der Waals surface area contributed by atoms with Crippen LogP contribution in [0.4, 0.5) is 0 Å². The Balaban J connectivity index is 0.00000162. The monoisotopic (exact) mass is 288 g/mol. The van der Waals surface area contributed by atoms with Gasteiger partial charge in [0.1, 0.15) is 0 Å². The quantitative estimate of drug-likeness (QED) is 0.875. The van der Waals surface area contributed by atoms with Crippen molar-refractivity contribution in [2.24, 2.45) is 5.73 Å². The van der Waals surface area contributed by atoms with E-state index in [0.717, 1.165) is 24.8 Å². The third-order valence-electron chi connectivity index (χ3n) is 3.11. The van der Waals surface area contributed by atoms with Crippen LogP contribution in [0.25, 0.3) is 0 Å². The van der Waals surface area contributed by atoms with Crippen LogP contribution in [-0.2, 0) is 10.3 Å². The molecule has 1 aromatic rings. The van der Waals surface area contributed by atoms with E-state index in [-0.39, 0.29) is 23.9 Å². The van der Waals surface area contributed by atoms with E-state index in [1.165, 1.54) is 0 Å². The second-order valence-corrected chi connectivity index (χ2v) is 4.97. The highest BCUT2D eigenvalue weighted by atomic mass is 35.5. The van der Waals surface area contributed by atoms with Gasteiger partial charge in [-0.2, -0.15) is 0 Å². The molecule has 1 saturated carbocycles. The highest BCUT2D eigenvalue weighted by Gasteiger charge is 2.45. The zero-order chi connectivity index (χ0) is 12.3. The maximum absolute atomic E-state index is 11.7. The van der Waals surface area contributed by atoms with Crippen molar-refractivity contribution in [3.05, 3.63) is 34.9 Å². The fourth-order valence-corrected chi connectivity index (χ4v) is 2.18. The molecule has 1 aromatic carbocycles. The molecule has 3 nitrogen and oxygen atoms in total. The molecule has 0 bridgehead atoms. The van der Waals surface area contributed by atoms with Crippen molar-refractivity contribution in [1.82, 2.24) is 5.32 Å². The number of hydrogen-bond acceptors (Lipinski definition) is 2. The zero-order valence-electron chi connectivity index (χ0n) is 10.1. The van der Waals surface area contributed by atoms with Crippen LogP contribution in [0.3, 0.4) is 0 Å². The Morgan fingerprint density at radius 3 is 2.72 bits per heavy atom. The van der Waals surface area contributed by atoms with Crippen LogP contribution in [0.5, 0.6) is 0 Å². The van der Waals surface area contributed by atoms with Crippen LogP contribution in [0.2, 0.25) is 5.02 Å². The van der Waals surface area contributed by atoms with Crippen molar-refractivity contribution in [2.45, 2.75) is 31.2 Å². The Hall–Kier alpha value is -0.770. The highest BCUT2D eigenvalue weighted by Crippen LogP contribution is 2.46. The first kappa shape index (κ1) is 15.3. The van der Waals surface area contributed by atoms with Crippen LogP contribution in [0.15, 0.2) is 24.3 Å². The van der Waals surface area contributed by atoms with Crippen molar-refractivity contribution in [1.29, 1.82) is 0 Å². The van der Waals surface area contributed by atoms with Gasteiger partial charge in [0, 0.05) is 11.4 Å². The van der Waals surface area contributed by atoms with E-state index in [1.807, 2.05) is 24.3 Å². The summed E-state index contributed by atoms with van der Waals surface area (Å²) in [7, 11) is 0. The van der Waals surface area contributed by atoms with Crippen molar-refractivity contribution in [2.75, 3.05) is 6.54 Å². The maximum atomic E-state index is 11.7. The number of carbonyl (C=O) groups excluding carboxylic acids is 1. The van der Waals surface area contributed by atoms with Crippen molar-refractivity contribution in [3.8, 4) is 0 Å². The second kappa shape index (κ2) is 6.41. The summed E-state index contributed by atoms with van der Waals surface area (Å²) < 4.78 is 0. The van der Waals surface area contributed by atoms with Gasteiger partial charge < -0.3 is 11.1 Å². The maximum Gasteiger partial charge on any atom is 0.220 e. The summed E-state index contributed by atoms with van der Waals surface area (Å²) in [5, 5.41) is 3.81. The fourth-order valence-electron chi connectivity index (χ4n) is 1.99. The van der Waals surface area contributed by atoms with Gasteiger partial charge in [0.15, 0.2) is 0 Å². The number of halogens is 2. The van der Waals surface area contributed by atoms with Gasteiger partial charge in [-0.15, -0.1) is 12.4 Å². The molecule has 0 atom stereocenters. The topological polar surface area (TPSA) is 55.1 Å². The Kier molecular flexibility index (Phi) is 5.45. The summed E-state index contributed by atoms with van der Waals surface area (Å²) in [5.41, 5.74) is 6.32. The molecule has 0 spiro atoms. The summed E-state index contributed by atoms with van der Waals surface area (Å²) >= 11 is 5.97. The molecule has 18 heavy (non-hydrogen) atoms. The summed E-state index contributed by atoms with van der Waals surface area (Å²) in [4.78, 5) is 11.7. The van der Waals surface area contributed by atoms with Gasteiger partial charge in [-0.05, 0) is 43.5 Å². The molecule has 1 aliphatic rings. The van der Waals surface area contributed by atoms with Gasteiger partial charge >= 0.3 is 0 Å². The predicted octanol–water partition coefficient (Wildman–Crippen LogP) is 2.61. The molecule has 100 valence electrons. The summed E-state index contributed by atoms with van der Waals surface area (Å²) in [6.07, 6.45) is 3.21. The van der Waals surface area contributed by atoms with Crippen molar-refractivity contribution in [3.63, 3.8) is 0 Å². The van der Waals surface area contributed by atoms with Gasteiger partial charge in [-0.1, -0.05) is 23.7 Å². The molecule has 0 saturated heterocycles. The van der Waals surface area contributed by atoms with E-state index in [1.54, 1.807) is 0 Å². The molecule has 0 radical (unpaired) electrons. The number of nitrogens with one attached hydrogen (secondary N) is 1. The van der Waals surface area contributed by atoms with Crippen LogP contribution in [0.1, 0.15) is 31.2 Å². The first-order valence-electron chi connectivity index (χ1n) is 5.93. The number of rotatable bonds is 5. The lowest BCUT2D eigenvalue weighted by molar-refractivity contribution is -0.122. The normalized spacial score (nSPS) is 15.7. The molecule has 0 unspecified atom stereocenters. The summed E-state index contributed by atoms with van der Waals surface area (Å²) in [6, 6.07) is 7.71. The number of amides is 1. The molecule has 2 rings (SSSR count). The number of nitrogens with two attached hydrogens (primary N) is 1. The lowest BCUT2D eigenvalue weighted by Crippen LogP contribution is -2.34. The van der Waals surface area contributed by atoms with E-state index in [4.69, 9.17) is 17.3 Å². The molecule has 1 fully saturated rings. The van der Waals surface area contributed by atoms with Crippen LogP contribution in [0, 0.1) is 0 Å². The fraction of sp³-hybridized carbons (Fsp3) is 0.462. The predicted molar refractivity (Wildman–Crippen MR) is 76.0 cm³/mol. The third kappa shape index (κ3) is 3.61. The molecular formula is C13H18Cl2N2O. The lowest BCUT2D eigenvalue weighted by atomic mass is 10.0. The number of carbonyl (C=O) groups is 1. The van der Waals surface area contributed by atoms with E-state index < -0.39 is 0 Å². The Bertz CT molecular complexity index is 419. The Labute approximate surface area is 118 Å². The van der Waals surface area contributed by atoms with Gasteiger partial charge in [0.05, 0.1) is 5.54 Å². The number of benzene rings is 1. The molecule has 1 aliphatic carbocycles. The van der Waals surface area contributed by atoms with Crippen molar-refractivity contribution >= 4 is 29.9 Å². The van der Waals surface area contributed by atoms with E-state index in [0.29, 0.717) is 18.0 Å². The molecule has 3 N–H and O–H groups in total. The summed E-state index contributed by atoms with van der Waals surface area (Å²) in [5.74, 6) is 0.0768. The zero-order valence-corrected chi connectivity index (χ0v) is 11.7. The van der Waals surface area contributed by atoms with Crippen LogP contribution >= 0.6 is 24.0 Å². The molecule has 0 aliphatic heterocycles. The lowest BCUT2D eigenvalue weighted by Gasteiger charge is -2.18. The average molecular weight is 289 g/mol. The van der Waals surface area contributed by atoms with Gasteiger partial charge in [0.25, 0.3) is 0 Å². The van der Waals surface area contributed by atoms with Crippen molar-refractivity contribution < 1.29 is 4.79 Å². The standard InChI is InChI=1S/C13H17ClN2O.ClH/c14-11-4-1-3-10(9-11)13(6-7-13)16-12(17)5-2-8-15;/h1,3-4,9H,2,5-8,15H2,(H,16,17);1H.